The molecule has 3 heterocycles. The van der Waals surface area contributed by atoms with Crippen LogP contribution in [-0.2, 0) is 6.54 Å². The van der Waals surface area contributed by atoms with Crippen LogP contribution in [-0.4, -0.2) is 56.3 Å². The Kier molecular flexibility index (Phi) is 5.41. The standard InChI is InChI=1S/C21H21ClFN5O4/c1-4-26-8-10(2)28-16-14(18(29)17(28)21(26)32)20(31)27(25-15(16)19(30)24-3)9-11-5-6-13(23)12(22)7-11/h5-7,10,29H,4,8-9H2,1-3H3,(H,24,30)/t10-/m0/s1. The van der Waals surface area contributed by atoms with Gasteiger partial charge in [0.15, 0.2) is 17.1 Å². The van der Waals surface area contributed by atoms with Gasteiger partial charge in [0.1, 0.15) is 11.2 Å². The van der Waals surface area contributed by atoms with E-state index in [1.165, 1.54) is 23.7 Å². The minimum atomic E-state index is -0.685. The summed E-state index contributed by atoms with van der Waals surface area (Å²) >= 11 is 5.84. The Morgan fingerprint density at radius 1 is 1.38 bits per heavy atom. The van der Waals surface area contributed by atoms with E-state index >= 15 is 0 Å². The molecule has 0 aliphatic carbocycles. The second-order valence-corrected chi connectivity index (χ2v) is 8.03. The van der Waals surface area contributed by atoms with Crippen molar-refractivity contribution >= 4 is 34.3 Å². The molecule has 1 aromatic carbocycles. The summed E-state index contributed by atoms with van der Waals surface area (Å²) < 4.78 is 16.0. The van der Waals surface area contributed by atoms with Crippen molar-refractivity contribution in [1.29, 1.82) is 0 Å². The Morgan fingerprint density at radius 2 is 2.09 bits per heavy atom. The number of fused-ring (bicyclic) bond motifs is 3. The largest absolute Gasteiger partial charge is 0.505 e. The molecule has 9 nitrogen and oxygen atoms in total. The molecule has 168 valence electrons. The number of aromatic nitrogens is 3. The lowest BCUT2D eigenvalue weighted by Gasteiger charge is -2.32. The number of halogens is 2. The first kappa shape index (κ1) is 21.8. The molecule has 1 atom stereocenters. The van der Waals surface area contributed by atoms with Gasteiger partial charge in [-0.15, -0.1) is 0 Å². The van der Waals surface area contributed by atoms with Crippen LogP contribution >= 0.6 is 11.6 Å². The van der Waals surface area contributed by atoms with Gasteiger partial charge in [-0.25, -0.2) is 9.07 Å². The highest BCUT2D eigenvalue weighted by Gasteiger charge is 2.37. The Hall–Kier alpha value is -3.40. The predicted molar refractivity (Wildman–Crippen MR) is 116 cm³/mol. The van der Waals surface area contributed by atoms with E-state index in [2.05, 4.69) is 10.4 Å². The second-order valence-electron chi connectivity index (χ2n) is 7.62. The molecule has 32 heavy (non-hydrogen) atoms. The van der Waals surface area contributed by atoms with Crippen LogP contribution < -0.4 is 10.9 Å². The number of nitrogens with zero attached hydrogens (tertiary/aromatic N) is 4. The van der Waals surface area contributed by atoms with Crippen LogP contribution in [0.15, 0.2) is 23.0 Å². The number of benzene rings is 1. The molecule has 4 rings (SSSR count). The highest BCUT2D eigenvalue weighted by molar-refractivity contribution is 6.30. The Balaban J connectivity index is 2.02. The smallest absolute Gasteiger partial charge is 0.280 e. The van der Waals surface area contributed by atoms with Gasteiger partial charge in [-0.1, -0.05) is 17.7 Å². The zero-order valence-corrected chi connectivity index (χ0v) is 18.4. The molecule has 2 aromatic heterocycles. The number of carbonyl (C=O) groups excluding carboxylic acids is 2. The normalized spacial score (nSPS) is 15.8. The molecule has 3 aromatic rings. The van der Waals surface area contributed by atoms with Gasteiger partial charge in [0.05, 0.1) is 17.1 Å². The molecule has 0 unspecified atom stereocenters. The van der Waals surface area contributed by atoms with Crippen LogP contribution in [0.4, 0.5) is 4.39 Å². The molecule has 0 radical (unpaired) electrons. The zero-order valence-electron chi connectivity index (χ0n) is 17.6. The fourth-order valence-corrected chi connectivity index (χ4v) is 4.30. The number of rotatable bonds is 4. The van der Waals surface area contributed by atoms with Crippen LogP contribution in [0.1, 0.15) is 46.4 Å². The highest BCUT2D eigenvalue weighted by atomic mass is 35.5. The van der Waals surface area contributed by atoms with Crippen LogP contribution in [0.25, 0.3) is 10.9 Å². The molecule has 2 amide bonds. The Labute approximate surface area is 187 Å². The third-order valence-corrected chi connectivity index (χ3v) is 5.92. The number of carbonyl (C=O) groups is 2. The zero-order chi connectivity index (χ0) is 23.3. The number of likely N-dealkylation sites (N-methyl/N-ethyl adjacent to an activating group) is 1. The van der Waals surface area contributed by atoms with Gasteiger partial charge < -0.3 is 19.9 Å². The van der Waals surface area contributed by atoms with Crippen molar-refractivity contribution in [3.05, 3.63) is 56.3 Å². The Bertz CT molecular complexity index is 1330. The lowest BCUT2D eigenvalue weighted by molar-refractivity contribution is 0.0685. The SMILES string of the molecule is CCN1C[C@H](C)n2c(c(O)c3c(=O)n(Cc4ccc(F)c(Cl)c4)nc(C(=O)NC)c32)C1=O. The minimum absolute atomic E-state index is 0.0489. The van der Waals surface area contributed by atoms with Gasteiger partial charge in [-0.2, -0.15) is 5.10 Å². The number of amides is 2. The molecule has 0 bridgehead atoms. The summed E-state index contributed by atoms with van der Waals surface area (Å²) in [5, 5.41) is 17.4. The van der Waals surface area contributed by atoms with Gasteiger partial charge in [0.2, 0.25) is 0 Å². The van der Waals surface area contributed by atoms with Gasteiger partial charge in [0.25, 0.3) is 17.4 Å². The van der Waals surface area contributed by atoms with E-state index in [1.807, 2.05) is 13.8 Å². The third kappa shape index (κ3) is 3.22. The molecule has 1 aliphatic heterocycles. The van der Waals surface area contributed by atoms with Gasteiger partial charge in [-0.3, -0.25) is 14.4 Å². The summed E-state index contributed by atoms with van der Waals surface area (Å²) in [6, 6.07) is 3.65. The summed E-state index contributed by atoms with van der Waals surface area (Å²) in [6.07, 6.45) is 0. The van der Waals surface area contributed by atoms with Crippen molar-refractivity contribution in [3.8, 4) is 5.75 Å². The van der Waals surface area contributed by atoms with E-state index in [9.17, 15) is 23.9 Å². The molecule has 0 spiro atoms. The lowest BCUT2D eigenvalue weighted by atomic mass is 10.2. The Morgan fingerprint density at radius 3 is 2.72 bits per heavy atom. The molecule has 1 aliphatic rings. The van der Waals surface area contributed by atoms with Crippen molar-refractivity contribution < 1.29 is 19.1 Å². The van der Waals surface area contributed by atoms with Crippen molar-refractivity contribution in [3.63, 3.8) is 0 Å². The maximum absolute atomic E-state index is 13.5. The number of hydrogen-bond acceptors (Lipinski definition) is 5. The number of nitrogens with one attached hydrogen (secondary N) is 1. The molecule has 0 saturated carbocycles. The fraction of sp³-hybridized carbons (Fsp3) is 0.333. The van der Waals surface area contributed by atoms with E-state index in [0.29, 0.717) is 18.7 Å². The molecular weight excluding hydrogens is 441 g/mol. The quantitative estimate of drug-likeness (QED) is 0.618. The topological polar surface area (TPSA) is 109 Å². The fourth-order valence-electron chi connectivity index (χ4n) is 4.10. The third-order valence-electron chi connectivity index (χ3n) is 5.63. The van der Waals surface area contributed by atoms with Crippen molar-refractivity contribution in [2.75, 3.05) is 20.1 Å². The van der Waals surface area contributed by atoms with E-state index in [0.717, 1.165) is 10.7 Å². The average Bonchev–Trinajstić information content (AvgIpc) is 3.08. The second kappa shape index (κ2) is 7.94. The summed E-state index contributed by atoms with van der Waals surface area (Å²) in [6.45, 7) is 4.31. The van der Waals surface area contributed by atoms with E-state index < -0.39 is 28.9 Å². The first-order valence-electron chi connectivity index (χ1n) is 10.0. The predicted octanol–water partition coefficient (Wildman–Crippen LogP) is 2.14. The van der Waals surface area contributed by atoms with E-state index in [-0.39, 0.29) is 39.9 Å². The van der Waals surface area contributed by atoms with Crippen LogP contribution in [0.3, 0.4) is 0 Å². The molecule has 0 fully saturated rings. The molecule has 11 heteroatoms. The van der Waals surface area contributed by atoms with Gasteiger partial charge >= 0.3 is 0 Å². The van der Waals surface area contributed by atoms with Crippen LogP contribution in [0.2, 0.25) is 5.02 Å². The van der Waals surface area contributed by atoms with Gasteiger partial charge in [0, 0.05) is 26.2 Å². The summed E-state index contributed by atoms with van der Waals surface area (Å²) in [5.74, 6) is -2.11. The van der Waals surface area contributed by atoms with E-state index in [4.69, 9.17) is 11.6 Å². The monoisotopic (exact) mass is 461 g/mol. The summed E-state index contributed by atoms with van der Waals surface area (Å²) in [7, 11) is 1.42. The van der Waals surface area contributed by atoms with Crippen molar-refractivity contribution in [1.82, 2.24) is 24.6 Å². The first-order valence-corrected chi connectivity index (χ1v) is 10.4. The lowest BCUT2D eigenvalue weighted by Crippen LogP contribution is -2.42. The van der Waals surface area contributed by atoms with Crippen LogP contribution in [0.5, 0.6) is 5.75 Å². The van der Waals surface area contributed by atoms with Gasteiger partial charge in [-0.05, 0) is 31.5 Å². The molecular formula is C21H21ClFN5O4. The van der Waals surface area contributed by atoms with Crippen LogP contribution in [0, 0.1) is 5.82 Å². The summed E-state index contributed by atoms with van der Waals surface area (Å²) in [4.78, 5) is 40.5. The summed E-state index contributed by atoms with van der Waals surface area (Å²) in [5.41, 5.74) is -0.269. The van der Waals surface area contributed by atoms with Crippen molar-refractivity contribution in [2.45, 2.75) is 26.4 Å². The van der Waals surface area contributed by atoms with E-state index in [1.54, 1.807) is 4.90 Å². The number of hydrogen-bond donors (Lipinski definition) is 2. The van der Waals surface area contributed by atoms with Crippen molar-refractivity contribution in [2.24, 2.45) is 0 Å². The minimum Gasteiger partial charge on any atom is -0.505 e. The average molecular weight is 462 g/mol. The first-order chi connectivity index (χ1) is 15.2. The molecule has 2 N–H and O–H groups in total. The number of aromatic hydroxyl groups is 1. The molecule has 0 saturated heterocycles. The maximum atomic E-state index is 13.5. The highest BCUT2D eigenvalue weighted by Crippen LogP contribution is 2.37. The maximum Gasteiger partial charge on any atom is 0.280 e.